The molecule has 38 heavy (non-hydrogen) atoms. The summed E-state index contributed by atoms with van der Waals surface area (Å²) >= 11 is 0. The summed E-state index contributed by atoms with van der Waals surface area (Å²) in [5, 5.41) is 11.3. The third kappa shape index (κ3) is 4.84. The van der Waals surface area contributed by atoms with Gasteiger partial charge in [-0.15, -0.1) is 0 Å². The van der Waals surface area contributed by atoms with Gasteiger partial charge in [0.2, 0.25) is 11.3 Å². The van der Waals surface area contributed by atoms with E-state index < -0.39 is 58.9 Å². The molecule has 202 valence electrons. The van der Waals surface area contributed by atoms with E-state index in [4.69, 9.17) is 0 Å². The van der Waals surface area contributed by atoms with Crippen LogP contribution in [0.4, 0.5) is 27.8 Å². The average Bonchev–Trinajstić information content (AvgIpc) is 3.16. The third-order valence-electron chi connectivity index (χ3n) is 6.08. The Morgan fingerprint density at radius 1 is 1.21 bits per heavy atom. The minimum absolute atomic E-state index is 0.00309. The largest absolute Gasteiger partial charge is 0.413 e. The lowest BCUT2D eigenvalue weighted by Crippen LogP contribution is -2.60. The molecule has 9 nitrogen and oxygen atoms in total. The molecule has 1 aliphatic rings. The van der Waals surface area contributed by atoms with Crippen LogP contribution in [0.5, 0.6) is 0 Å². The lowest BCUT2D eigenvalue weighted by atomic mass is 10.0. The topological polar surface area (TPSA) is 114 Å². The molecule has 0 aliphatic carbocycles. The molecule has 14 heteroatoms. The number of benzene rings is 1. The summed E-state index contributed by atoms with van der Waals surface area (Å²) in [6.07, 6.45) is -5.30. The fourth-order valence-electron chi connectivity index (χ4n) is 4.07. The first-order valence-electron chi connectivity index (χ1n) is 11.1. The van der Waals surface area contributed by atoms with Crippen LogP contribution in [0.1, 0.15) is 23.7 Å². The number of hydrogen-bond donors (Lipinski definition) is 2. The molecule has 0 saturated carbocycles. The molecular weight excluding hydrogens is 519 g/mol. The molecule has 0 radical (unpaired) electrons. The number of fused-ring (bicyclic) bond motifs is 1. The molecule has 3 heterocycles. The van der Waals surface area contributed by atoms with Crippen LogP contribution in [-0.2, 0) is 9.53 Å². The van der Waals surface area contributed by atoms with Gasteiger partial charge in [0, 0.05) is 19.4 Å². The third-order valence-corrected chi connectivity index (χ3v) is 6.08. The number of nitrogens with one attached hydrogen (secondary N) is 1. The van der Waals surface area contributed by atoms with Crippen molar-refractivity contribution in [2.24, 2.45) is 0 Å². The van der Waals surface area contributed by atoms with E-state index >= 15 is 0 Å². The maximum atomic E-state index is 14.8. The molecule has 2 aromatic heterocycles. The summed E-state index contributed by atoms with van der Waals surface area (Å²) in [5.41, 5.74) is -5.32. The summed E-state index contributed by atoms with van der Waals surface area (Å²) in [4.78, 5) is 43.9. The molecule has 1 saturated heterocycles. The highest BCUT2D eigenvalue weighted by molar-refractivity contribution is 5.99. The molecular formula is C24H21F5N4O5. The second-order valence-corrected chi connectivity index (χ2v) is 8.96. The van der Waals surface area contributed by atoms with Gasteiger partial charge in [0.15, 0.2) is 11.2 Å². The van der Waals surface area contributed by atoms with Gasteiger partial charge < -0.3 is 15.2 Å². The minimum atomic E-state index is -4.96. The lowest BCUT2D eigenvalue weighted by molar-refractivity contribution is -0.200. The number of alkyl halides is 3. The fraction of sp³-hybridized carbons (Fsp3) is 0.333. The molecule has 1 aliphatic heterocycles. The summed E-state index contributed by atoms with van der Waals surface area (Å²) in [6.45, 7) is -0.386. The molecule has 2 atom stereocenters. The Labute approximate surface area is 211 Å². The van der Waals surface area contributed by atoms with Crippen LogP contribution < -0.4 is 15.6 Å². The van der Waals surface area contributed by atoms with E-state index in [1.807, 2.05) is 0 Å². The zero-order valence-electron chi connectivity index (χ0n) is 20.0. The minimum Gasteiger partial charge on any atom is -0.391 e. The lowest BCUT2D eigenvalue weighted by Gasteiger charge is -2.32. The number of pyridine rings is 2. The van der Waals surface area contributed by atoms with Gasteiger partial charge in [0.1, 0.15) is 23.0 Å². The van der Waals surface area contributed by atoms with Crippen molar-refractivity contribution in [3.63, 3.8) is 0 Å². The Bertz CT molecular complexity index is 1490. The molecule has 4 rings (SSSR count). The van der Waals surface area contributed by atoms with Crippen molar-refractivity contribution in [1.82, 2.24) is 14.9 Å². The number of methoxy groups -OCH3 is 1. The number of anilines is 1. The SMILES string of the molecule is COCC(C)(NC(=O)c1cn(-c2ccc(F)cc2F)c2nc(N3C[C@@H](O)CC3=O)ccc2c1=O)C(F)(F)F. The standard InChI is InChI=1S/C24H21F5N4O5/c1-23(11-38-2,24(27,28)29)31-22(37)15-10-32(17-5-3-12(25)7-16(17)26)21-14(20(15)36)4-6-18(30-21)33-9-13(34)8-19(33)35/h3-7,10,13,34H,8-9,11H2,1-2H3,(H,31,37)/t13-,23?/m0/s1. The zero-order valence-corrected chi connectivity index (χ0v) is 20.0. The van der Waals surface area contributed by atoms with E-state index in [9.17, 15) is 41.4 Å². The molecule has 2 amide bonds. The Morgan fingerprint density at radius 2 is 1.92 bits per heavy atom. The second-order valence-electron chi connectivity index (χ2n) is 8.96. The van der Waals surface area contributed by atoms with Gasteiger partial charge in [-0.1, -0.05) is 0 Å². The molecule has 1 fully saturated rings. The van der Waals surface area contributed by atoms with Gasteiger partial charge in [-0.3, -0.25) is 23.9 Å². The number of aliphatic hydroxyl groups is 1. The highest BCUT2D eigenvalue weighted by Gasteiger charge is 2.52. The maximum absolute atomic E-state index is 14.8. The number of carbonyl (C=O) groups excluding carboxylic acids is 2. The van der Waals surface area contributed by atoms with Crippen LogP contribution in [0, 0.1) is 11.6 Å². The van der Waals surface area contributed by atoms with Crippen LogP contribution in [-0.4, -0.2) is 64.6 Å². The number of amides is 2. The van der Waals surface area contributed by atoms with Gasteiger partial charge in [-0.05, 0) is 31.2 Å². The van der Waals surface area contributed by atoms with Crippen molar-refractivity contribution in [3.8, 4) is 5.69 Å². The number of rotatable bonds is 6. The fourth-order valence-corrected chi connectivity index (χ4v) is 4.07. The van der Waals surface area contributed by atoms with Crippen molar-refractivity contribution in [1.29, 1.82) is 0 Å². The normalized spacial score (nSPS) is 17.6. The number of aliphatic hydroxyl groups excluding tert-OH is 1. The zero-order chi connectivity index (χ0) is 28.0. The van der Waals surface area contributed by atoms with Crippen LogP contribution >= 0.6 is 0 Å². The van der Waals surface area contributed by atoms with E-state index in [1.165, 1.54) is 12.1 Å². The Morgan fingerprint density at radius 3 is 2.50 bits per heavy atom. The van der Waals surface area contributed by atoms with Crippen molar-refractivity contribution in [3.05, 3.63) is 63.9 Å². The van der Waals surface area contributed by atoms with E-state index in [2.05, 4.69) is 9.72 Å². The number of ether oxygens (including phenoxy) is 1. The second kappa shape index (κ2) is 9.76. The van der Waals surface area contributed by atoms with Crippen LogP contribution in [0.2, 0.25) is 0 Å². The number of carbonyl (C=O) groups is 2. The van der Waals surface area contributed by atoms with Gasteiger partial charge in [-0.2, -0.15) is 13.2 Å². The molecule has 0 spiro atoms. The van der Waals surface area contributed by atoms with Gasteiger partial charge >= 0.3 is 6.18 Å². The number of β-amino-alcohol motifs (C(OH)–C–C–N with tert-alkyl or cyclic N) is 1. The Hall–Kier alpha value is -3.91. The van der Waals surface area contributed by atoms with Crippen molar-refractivity contribution in [2.75, 3.05) is 25.2 Å². The maximum Gasteiger partial charge on any atom is 0.413 e. The van der Waals surface area contributed by atoms with Gasteiger partial charge in [0.25, 0.3) is 5.91 Å². The monoisotopic (exact) mass is 540 g/mol. The van der Waals surface area contributed by atoms with Crippen molar-refractivity contribution >= 4 is 28.7 Å². The smallest absolute Gasteiger partial charge is 0.391 e. The van der Waals surface area contributed by atoms with Crippen LogP contribution in [0.25, 0.3) is 16.7 Å². The van der Waals surface area contributed by atoms with E-state index in [-0.39, 0.29) is 35.5 Å². The van der Waals surface area contributed by atoms with Crippen molar-refractivity contribution < 1.29 is 41.4 Å². The Kier molecular flexibility index (Phi) is 6.97. The van der Waals surface area contributed by atoms with E-state index in [0.717, 1.165) is 34.9 Å². The first-order chi connectivity index (χ1) is 17.8. The van der Waals surface area contributed by atoms with Gasteiger partial charge in [-0.25, -0.2) is 13.8 Å². The predicted octanol–water partition coefficient (Wildman–Crippen LogP) is 2.46. The van der Waals surface area contributed by atoms with E-state index in [0.29, 0.717) is 13.0 Å². The first-order valence-corrected chi connectivity index (χ1v) is 11.1. The Balaban J connectivity index is 1.93. The van der Waals surface area contributed by atoms with Crippen LogP contribution in [0.15, 0.2) is 41.3 Å². The summed E-state index contributed by atoms with van der Waals surface area (Å²) in [7, 11) is 1.00. The number of halogens is 5. The first kappa shape index (κ1) is 27.1. The highest BCUT2D eigenvalue weighted by atomic mass is 19.4. The van der Waals surface area contributed by atoms with Crippen LogP contribution in [0.3, 0.4) is 0 Å². The van der Waals surface area contributed by atoms with E-state index in [1.54, 1.807) is 5.32 Å². The molecule has 1 unspecified atom stereocenters. The predicted molar refractivity (Wildman–Crippen MR) is 124 cm³/mol. The quantitative estimate of drug-likeness (QED) is 0.465. The van der Waals surface area contributed by atoms with Gasteiger partial charge in [0.05, 0.1) is 36.8 Å². The molecule has 0 bridgehead atoms. The summed E-state index contributed by atoms with van der Waals surface area (Å²) in [6, 6.07) is 4.83. The van der Waals surface area contributed by atoms with Crippen molar-refractivity contribution in [2.45, 2.75) is 31.2 Å². The number of hydrogen-bond acceptors (Lipinski definition) is 6. The average molecular weight is 540 g/mol. The number of nitrogens with zero attached hydrogens (tertiary/aromatic N) is 3. The summed E-state index contributed by atoms with van der Waals surface area (Å²) in [5.74, 6) is -3.95. The molecule has 1 aromatic carbocycles. The highest BCUT2D eigenvalue weighted by Crippen LogP contribution is 2.31. The molecule has 3 aromatic rings. The summed E-state index contributed by atoms with van der Waals surface area (Å²) < 4.78 is 75.0. The number of aromatic nitrogens is 2. The molecule has 2 N–H and O–H groups in total.